The maximum atomic E-state index is 11.7. The van der Waals surface area contributed by atoms with E-state index in [0.717, 1.165) is 7.11 Å². The van der Waals surface area contributed by atoms with E-state index in [2.05, 4.69) is 26.4 Å². The number of hydrogen-bond acceptors (Lipinski definition) is 8. The minimum absolute atomic E-state index is 0.0147. The van der Waals surface area contributed by atoms with Gasteiger partial charge in [0.25, 0.3) is 0 Å². The summed E-state index contributed by atoms with van der Waals surface area (Å²) in [6, 6.07) is -2.22. The molecule has 0 spiro atoms. The van der Waals surface area contributed by atoms with Crippen LogP contribution in [0.15, 0.2) is 12.7 Å². The van der Waals surface area contributed by atoms with Gasteiger partial charge in [0.1, 0.15) is 6.04 Å². The van der Waals surface area contributed by atoms with Crippen LogP contribution in [0.4, 0.5) is 0 Å². The Hall–Kier alpha value is -2.42. The van der Waals surface area contributed by atoms with Crippen LogP contribution in [-0.4, -0.2) is 43.0 Å². The zero-order valence-corrected chi connectivity index (χ0v) is 12.5. The lowest BCUT2D eigenvalue weighted by atomic mass is 10.1. The second-order valence-corrected chi connectivity index (χ2v) is 4.18. The second-order valence-electron chi connectivity index (χ2n) is 4.18. The number of esters is 1. The van der Waals surface area contributed by atoms with E-state index in [1.54, 1.807) is 0 Å². The number of amides is 1. The third kappa shape index (κ3) is 7.39. The number of methoxy groups -OCH3 is 1. The molecule has 0 aliphatic heterocycles. The molecule has 0 heterocycles. The zero-order chi connectivity index (χ0) is 17.1. The molecule has 2 unspecified atom stereocenters. The average molecular weight is 316 g/mol. The Bertz CT molecular complexity index is 436. The molecular formula is C13H20N2O7. The van der Waals surface area contributed by atoms with Gasteiger partial charge in [-0.3, -0.25) is 4.79 Å². The number of rotatable bonds is 8. The summed E-state index contributed by atoms with van der Waals surface area (Å²) in [5.41, 5.74) is 5.54. The van der Waals surface area contributed by atoms with Crippen molar-refractivity contribution in [3.63, 3.8) is 0 Å². The Kier molecular flexibility index (Phi) is 9.19. The van der Waals surface area contributed by atoms with Gasteiger partial charge in [0.05, 0.1) is 19.6 Å². The predicted octanol–water partition coefficient (Wildman–Crippen LogP) is -0.651. The van der Waals surface area contributed by atoms with Crippen LogP contribution in [0.25, 0.3) is 0 Å². The topological polar surface area (TPSA) is 134 Å². The standard InChI is InChI=1S/C13H20N2O7/c1-4-6-8(14)12(18)15-9(13(19)20-3)7-11(17)22-21-10(16)5-2/h4,8-9H,1,5-7,14H2,2-3H3,(H,15,18). The summed E-state index contributed by atoms with van der Waals surface area (Å²) < 4.78 is 4.47. The van der Waals surface area contributed by atoms with Gasteiger partial charge in [0.2, 0.25) is 5.91 Å². The first kappa shape index (κ1) is 19.6. The first-order valence-electron chi connectivity index (χ1n) is 6.50. The minimum Gasteiger partial charge on any atom is -0.467 e. The molecule has 0 aromatic heterocycles. The maximum absolute atomic E-state index is 11.7. The summed E-state index contributed by atoms with van der Waals surface area (Å²) in [6.07, 6.45) is 1.07. The number of carbonyl (C=O) groups excluding carboxylic acids is 4. The Morgan fingerprint density at radius 2 is 1.82 bits per heavy atom. The second kappa shape index (κ2) is 10.3. The fourth-order valence-corrected chi connectivity index (χ4v) is 1.25. The number of ether oxygens (including phenoxy) is 1. The number of nitrogens with two attached hydrogens (primary N) is 1. The van der Waals surface area contributed by atoms with Crippen molar-refractivity contribution in [1.82, 2.24) is 5.32 Å². The van der Waals surface area contributed by atoms with E-state index in [4.69, 9.17) is 5.73 Å². The van der Waals surface area contributed by atoms with Crippen molar-refractivity contribution in [3.05, 3.63) is 12.7 Å². The fraction of sp³-hybridized carbons (Fsp3) is 0.538. The van der Waals surface area contributed by atoms with Crippen molar-refractivity contribution in [2.75, 3.05) is 7.11 Å². The third-order valence-corrected chi connectivity index (χ3v) is 2.45. The Labute approximate surface area is 127 Å². The highest BCUT2D eigenvalue weighted by molar-refractivity contribution is 5.90. The number of carbonyl (C=O) groups is 4. The molecule has 22 heavy (non-hydrogen) atoms. The van der Waals surface area contributed by atoms with Crippen LogP contribution in [-0.2, 0) is 33.7 Å². The minimum atomic E-state index is -1.30. The van der Waals surface area contributed by atoms with Gasteiger partial charge in [-0.05, 0) is 6.42 Å². The molecule has 0 aliphatic carbocycles. The molecule has 124 valence electrons. The molecule has 2 atom stereocenters. The molecule has 0 aliphatic rings. The van der Waals surface area contributed by atoms with E-state index in [1.165, 1.54) is 13.0 Å². The van der Waals surface area contributed by atoms with Crippen LogP contribution < -0.4 is 11.1 Å². The molecule has 1 amide bonds. The van der Waals surface area contributed by atoms with E-state index in [9.17, 15) is 19.2 Å². The molecule has 9 nitrogen and oxygen atoms in total. The van der Waals surface area contributed by atoms with Gasteiger partial charge >= 0.3 is 17.9 Å². The van der Waals surface area contributed by atoms with Gasteiger partial charge in [-0.1, -0.05) is 13.0 Å². The van der Waals surface area contributed by atoms with Crippen LogP contribution in [0.1, 0.15) is 26.2 Å². The Morgan fingerprint density at radius 1 is 1.23 bits per heavy atom. The lowest BCUT2D eigenvalue weighted by molar-refractivity contribution is -0.259. The van der Waals surface area contributed by atoms with Crippen molar-refractivity contribution in [1.29, 1.82) is 0 Å². The SMILES string of the molecule is C=CCC(N)C(=O)NC(CC(=O)OOC(=O)CC)C(=O)OC. The van der Waals surface area contributed by atoms with Gasteiger partial charge in [0.15, 0.2) is 0 Å². The molecule has 3 N–H and O–H groups in total. The van der Waals surface area contributed by atoms with E-state index >= 15 is 0 Å². The van der Waals surface area contributed by atoms with Crippen LogP contribution >= 0.6 is 0 Å². The first-order chi connectivity index (χ1) is 10.3. The largest absolute Gasteiger partial charge is 0.467 e. The van der Waals surface area contributed by atoms with Crippen LogP contribution in [0.3, 0.4) is 0 Å². The molecule has 0 bridgehead atoms. The molecule has 9 heteroatoms. The molecule has 0 rings (SSSR count). The van der Waals surface area contributed by atoms with Crippen LogP contribution in [0.5, 0.6) is 0 Å². The smallest absolute Gasteiger partial charge is 0.358 e. The summed E-state index contributed by atoms with van der Waals surface area (Å²) in [5.74, 6) is -3.29. The molecule has 0 saturated carbocycles. The molecule has 0 radical (unpaired) electrons. The maximum Gasteiger partial charge on any atom is 0.358 e. The third-order valence-electron chi connectivity index (χ3n) is 2.45. The van der Waals surface area contributed by atoms with Crippen molar-refractivity contribution in [3.8, 4) is 0 Å². The predicted molar refractivity (Wildman–Crippen MR) is 73.8 cm³/mol. The lowest BCUT2D eigenvalue weighted by Gasteiger charge is -2.17. The molecule has 0 saturated heterocycles. The normalized spacial score (nSPS) is 12.5. The summed E-state index contributed by atoms with van der Waals surface area (Å²) in [7, 11) is 1.09. The Balaban J connectivity index is 4.61. The van der Waals surface area contributed by atoms with Gasteiger partial charge in [-0.25, -0.2) is 24.2 Å². The van der Waals surface area contributed by atoms with Gasteiger partial charge in [-0.15, -0.1) is 6.58 Å². The van der Waals surface area contributed by atoms with Crippen molar-refractivity contribution < 1.29 is 33.7 Å². The fourth-order valence-electron chi connectivity index (χ4n) is 1.25. The first-order valence-corrected chi connectivity index (χ1v) is 6.50. The molecule has 0 aromatic carbocycles. The average Bonchev–Trinajstić information content (AvgIpc) is 2.51. The number of nitrogens with one attached hydrogen (secondary N) is 1. The summed E-state index contributed by atoms with van der Waals surface area (Å²) in [4.78, 5) is 54.0. The van der Waals surface area contributed by atoms with Crippen LogP contribution in [0, 0.1) is 0 Å². The monoisotopic (exact) mass is 316 g/mol. The zero-order valence-electron chi connectivity index (χ0n) is 12.5. The van der Waals surface area contributed by atoms with E-state index in [0.29, 0.717) is 0 Å². The highest BCUT2D eigenvalue weighted by atomic mass is 17.2. The van der Waals surface area contributed by atoms with Gasteiger partial charge in [0, 0.05) is 6.42 Å². The lowest BCUT2D eigenvalue weighted by Crippen LogP contribution is -2.49. The molecule has 0 fully saturated rings. The Morgan fingerprint density at radius 3 is 2.32 bits per heavy atom. The van der Waals surface area contributed by atoms with E-state index < -0.39 is 42.3 Å². The van der Waals surface area contributed by atoms with Crippen molar-refractivity contribution in [2.24, 2.45) is 5.73 Å². The van der Waals surface area contributed by atoms with Crippen molar-refractivity contribution >= 4 is 23.8 Å². The summed E-state index contributed by atoms with van der Waals surface area (Å²) in [5, 5.41) is 2.26. The van der Waals surface area contributed by atoms with E-state index in [-0.39, 0.29) is 12.8 Å². The summed E-state index contributed by atoms with van der Waals surface area (Å²) in [6.45, 7) is 4.95. The quantitative estimate of drug-likeness (QED) is 0.261. The van der Waals surface area contributed by atoms with Gasteiger partial charge < -0.3 is 15.8 Å². The summed E-state index contributed by atoms with van der Waals surface area (Å²) >= 11 is 0. The van der Waals surface area contributed by atoms with Gasteiger partial charge in [-0.2, -0.15) is 0 Å². The van der Waals surface area contributed by atoms with Crippen LogP contribution in [0.2, 0.25) is 0 Å². The number of hydrogen-bond donors (Lipinski definition) is 2. The highest BCUT2D eigenvalue weighted by Gasteiger charge is 2.28. The highest BCUT2D eigenvalue weighted by Crippen LogP contribution is 2.01. The molecular weight excluding hydrogens is 296 g/mol. The van der Waals surface area contributed by atoms with Crippen molar-refractivity contribution in [2.45, 2.75) is 38.3 Å². The molecule has 0 aromatic rings. The van der Waals surface area contributed by atoms with E-state index in [1.807, 2.05) is 0 Å².